The topological polar surface area (TPSA) is 73.2 Å². The number of nitrogens with zero attached hydrogens (tertiary/aromatic N) is 1. The maximum Gasteiger partial charge on any atom is 0.172 e. The number of rotatable bonds is 5. The monoisotopic (exact) mass is 469 g/mol. The van der Waals surface area contributed by atoms with Gasteiger partial charge in [0, 0.05) is 17.8 Å². The van der Waals surface area contributed by atoms with Crippen molar-refractivity contribution in [3.05, 3.63) is 94.0 Å². The van der Waals surface area contributed by atoms with Crippen molar-refractivity contribution in [2.24, 2.45) is 0 Å². The number of aryl methyl sites for hydroxylation is 4. The van der Waals surface area contributed by atoms with Gasteiger partial charge < -0.3 is 25.0 Å². The Balaban J connectivity index is 1.84. The van der Waals surface area contributed by atoms with Gasteiger partial charge in [-0.3, -0.25) is 0 Å². The Morgan fingerprint density at radius 2 is 1.06 bits per heavy atom. The Hall–Kier alpha value is -4.12. The van der Waals surface area contributed by atoms with Gasteiger partial charge in [-0.05, 0) is 111 Å². The molecule has 0 aliphatic carbocycles. The van der Waals surface area contributed by atoms with Crippen molar-refractivity contribution in [1.29, 1.82) is 0 Å². The van der Waals surface area contributed by atoms with Crippen molar-refractivity contribution < 1.29 is 20.1 Å². The zero-order chi connectivity index (χ0) is 25.4. The highest BCUT2D eigenvalue weighted by molar-refractivity contribution is 5.82. The molecule has 180 valence electrons. The second kappa shape index (κ2) is 9.26. The molecule has 0 amide bonds. The van der Waals surface area contributed by atoms with E-state index in [1.54, 1.807) is 24.3 Å². The Morgan fingerprint density at radius 1 is 0.571 bits per heavy atom. The van der Waals surface area contributed by atoms with E-state index in [-0.39, 0.29) is 17.2 Å². The van der Waals surface area contributed by atoms with Gasteiger partial charge in [0.05, 0.1) is 11.4 Å². The smallest absolute Gasteiger partial charge is 0.172 e. The summed E-state index contributed by atoms with van der Waals surface area (Å²) in [6.07, 6.45) is 0. The Kier molecular flexibility index (Phi) is 6.35. The second-order valence-corrected chi connectivity index (χ2v) is 9.12. The first-order valence-electron chi connectivity index (χ1n) is 11.5. The van der Waals surface area contributed by atoms with Crippen LogP contribution in [0.4, 0.5) is 17.1 Å². The summed E-state index contributed by atoms with van der Waals surface area (Å²) in [5.74, 6) is 1.51. The fraction of sp³-hybridized carbons (Fsp3) is 0.200. The third-order valence-electron chi connectivity index (χ3n) is 6.58. The van der Waals surface area contributed by atoms with Gasteiger partial charge in [-0.2, -0.15) is 0 Å². The summed E-state index contributed by atoms with van der Waals surface area (Å²) in [6.45, 7) is 11.7. The first kappa shape index (κ1) is 24.0. The molecule has 4 rings (SSSR count). The molecule has 4 aromatic carbocycles. The molecule has 0 aliphatic heterocycles. The average Bonchev–Trinajstić information content (AvgIpc) is 2.81. The van der Waals surface area contributed by atoms with Crippen molar-refractivity contribution in [2.75, 3.05) is 4.90 Å². The number of phenolic OH excluding ortho intramolecular Hbond substituents is 3. The van der Waals surface area contributed by atoms with E-state index in [1.807, 2.05) is 82.8 Å². The van der Waals surface area contributed by atoms with E-state index in [0.717, 1.165) is 50.4 Å². The number of anilines is 3. The number of ether oxygens (including phenoxy) is 1. The molecule has 0 radical (unpaired) electrons. The SMILES string of the molecule is Cc1cc(O)cc(N(c2ccc(Oc3c(C)ccc(C)c3O)cc2)c2cc(O)cc(C)c2C)c1C. The summed E-state index contributed by atoms with van der Waals surface area (Å²) >= 11 is 0. The fourth-order valence-corrected chi connectivity index (χ4v) is 4.20. The Bertz CT molecular complexity index is 1350. The molecule has 0 atom stereocenters. The number of hydrogen-bond acceptors (Lipinski definition) is 5. The van der Waals surface area contributed by atoms with Crippen LogP contribution in [-0.2, 0) is 0 Å². The van der Waals surface area contributed by atoms with Crippen LogP contribution in [0, 0.1) is 41.5 Å². The number of phenols is 3. The van der Waals surface area contributed by atoms with E-state index < -0.39 is 0 Å². The average molecular weight is 470 g/mol. The van der Waals surface area contributed by atoms with E-state index in [1.165, 1.54) is 0 Å². The van der Waals surface area contributed by atoms with Gasteiger partial charge in [0.1, 0.15) is 17.2 Å². The Morgan fingerprint density at radius 3 is 1.57 bits per heavy atom. The summed E-state index contributed by atoms with van der Waals surface area (Å²) in [5, 5.41) is 31.3. The maximum absolute atomic E-state index is 10.5. The first-order chi connectivity index (χ1) is 16.6. The molecule has 0 heterocycles. The Labute approximate surface area is 206 Å². The van der Waals surface area contributed by atoms with Gasteiger partial charge in [0.15, 0.2) is 11.5 Å². The van der Waals surface area contributed by atoms with Gasteiger partial charge in [0.2, 0.25) is 0 Å². The minimum absolute atomic E-state index is 0.132. The molecule has 4 aromatic rings. The van der Waals surface area contributed by atoms with E-state index in [4.69, 9.17) is 4.74 Å². The van der Waals surface area contributed by atoms with Crippen molar-refractivity contribution in [3.63, 3.8) is 0 Å². The molecule has 0 aliphatic rings. The molecule has 0 saturated heterocycles. The molecule has 0 bridgehead atoms. The van der Waals surface area contributed by atoms with Crippen LogP contribution in [0.5, 0.6) is 28.7 Å². The van der Waals surface area contributed by atoms with Gasteiger partial charge in [0.25, 0.3) is 0 Å². The largest absolute Gasteiger partial charge is 0.508 e. The zero-order valence-electron chi connectivity index (χ0n) is 21.0. The molecule has 0 unspecified atom stereocenters. The molecular formula is C30H31NO4. The first-order valence-corrected chi connectivity index (χ1v) is 11.5. The zero-order valence-corrected chi connectivity index (χ0v) is 21.0. The second-order valence-electron chi connectivity index (χ2n) is 9.12. The van der Waals surface area contributed by atoms with Crippen LogP contribution in [0.3, 0.4) is 0 Å². The summed E-state index contributed by atoms with van der Waals surface area (Å²) in [6, 6.07) is 18.3. The highest BCUT2D eigenvalue weighted by atomic mass is 16.5. The molecule has 3 N–H and O–H groups in total. The predicted octanol–water partition coefficient (Wildman–Crippen LogP) is 7.92. The van der Waals surface area contributed by atoms with Gasteiger partial charge in [-0.1, -0.05) is 12.1 Å². The van der Waals surface area contributed by atoms with Crippen LogP contribution >= 0.6 is 0 Å². The summed E-state index contributed by atoms with van der Waals surface area (Å²) < 4.78 is 6.04. The van der Waals surface area contributed by atoms with E-state index >= 15 is 0 Å². The van der Waals surface area contributed by atoms with Crippen LogP contribution in [-0.4, -0.2) is 15.3 Å². The van der Waals surface area contributed by atoms with Crippen molar-refractivity contribution in [2.45, 2.75) is 41.5 Å². The fourth-order valence-electron chi connectivity index (χ4n) is 4.20. The van der Waals surface area contributed by atoms with Gasteiger partial charge in [-0.25, -0.2) is 0 Å². The minimum Gasteiger partial charge on any atom is -0.508 e. The van der Waals surface area contributed by atoms with Crippen molar-refractivity contribution >= 4 is 17.1 Å². The summed E-state index contributed by atoms with van der Waals surface area (Å²) in [5.41, 5.74) is 8.02. The van der Waals surface area contributed by atoms with E-state index in [0.29, 0.717) is 11.5 Å². The normalized spacial score (nSPS) is 10.9. The molecule has 0 saturated carbocycles. The molecule has 35 heavy (non-hydrogen) atoms. The van der Waals surface area contributed by atoms with Gasteiger partial charge >= 0.3 is 0 Å². The van der Waals surface area contributed by atoms with Crippen molar-refractivity contribution in [3.8, 4) is 28.7 Å². The molecule has 0 fully saturated rings. The van der Waals surface area contributed by atoms with Gasteiger partial charge in [-0.15, -0.1) is 0 Å². The predicted molar refractivity (Wildman–Crippen MR) is 141 cm³/mol. The third-order valence-corrected chi connectivity index (χ3v) is 6.58. The quantitative estimate of drug-likeness (QED) is 0.277. The van der Waals surface area contributed by atoms with E-state index in [2.05, 4.69) is 0 Å². The lowest BCUT2D eigenvalue weighted by atomic mass is 10.0. The van der Waals surface area contributed by atoms with Crippen LogP contribution in [0.15, 0.2) is 60.7 Å². The highest BCUT2D eigenvalue weighted by Crippen LogP contribution is 2.43. The van der Waals surface area contributed by atoms with Crippen LogP contribution < -0.4 is 9.64 Å². The summed E-state index contributed by atoms with van der Waals surface area (Å²) in [4.78, 5) is 2.03. The van der Waals surface area contributed by atoms with Crippen LogP contribution in [0.25, 0.3) is 0 Å². The lowest BCUT2D eigenvalue weighted by molar-refractivity contribution is 0.406. The highest BCUT2D eigenvalue weighted by Gasteiger charge is 2.20. The molecule has 0 spiro atoms. The maximum atomic E-state index is 10.5. The number of hydrogen-bond donors (Lipinski definition) is 3. The number of benzene rings is 4. The van der Waals surface area contributed by atoms with Crippen LogP contribution in [0.2, 0.25) is 0 Å². The van der Waals surface area contributed by atoms with E-state index in [9.17, 15) is 15.3 Å². The number of aromatic hydroxyl groups is 3. The molecule has 5 heteroatoms. The molecular weight excluding hydrogens is 438 g/mol. The van der Waals surface area contributed by atoms with Crippen LogP contribution in [0.1, 0.15) is 33.4 Å². The minimum atomic E-state index is 0.132. The third kappa shape index (κ3) is 4.62. The van der Waals surface area contributed by atoms with Crippen molar-refractivity contribution in [1.82, 2.24) is 0 Å². The standard InChI is InChI=1S/C30H31NO4/c1-17-7-8-18(2)30(29(17)34)35-26-11-9-23(10-12-26)31(27-15-24(32)13-19(3)21(27)5)28-16-25(33)14-20(4)22(28)6/h7-16,32-34H,1-6H3. The summed E-state index contributed by atoms with van der Waals surface area (Å²) in [7, 11) is 0. The molecule has 0 aromatic heterocycles. The molecule has 5 nitrogen and oxygen atoms in total. The lowest BCUT2D eigenvalue weighted by Crippen LogP contribution is -2.13. The lowest BCUT2D eigenvalue weighted by Gasteiger charge is -2.30.